The molecule has 0 saturated heterocycles. The first-order chi connectivity index (χ1) is 35.3. The fourth-order valence-corrected chi connectivity index (χ4v) is 13.2. The van der Waals surface area contributed by atoms with Crippen molar-refractivity contribution in [1.29, 1.82) is 0 Å². The minimum Gasteiger partial charge on any atom is -0.476 e. The molecule has 0 fully saturated rings. The number of fused-ring (bicyclic) bond motifs is 7. The number of carbonyl (C=O) groups is 1. The Morgan fingerprint density at radius 2 is 1.06 bits per heavy atom. The molecule has 3 aromatic heterocycles. The van der Waals surface area contributed by atoms with Crippen LogP contribution in [0.15, 0.2) is 152 Å². The van der Waals surface area contributed by atoms with Crippen LogP contribution in [-0.4, -0.2) is 30.9 Å². The van der Waals surface area contributed by atoms with Gasteiger partial charge in [0.2, 0.25) is 0 Å². The fraction of sp³-hybridized carbons (Fsp3) is 0.281. The summed E-state index contributed by atoms with van der Waals surface area (Å²) in [4.78, 5) is 17.0. The lowest BCUT2D eigenvalue weighted by atomic mass is 9.70. The molecule has 0 radical (unpaired) electrons. The first-order valence-electron chi connectivity index (χ1n) is 26.4. The maximum Gasteiger partial charge on any atom is 0.357 e. The molecule has 0 atom stereocenters. The van der Waals surface area contributed by atoms with Crippen LogP contribution in [0.3, 0.4) is 0 Å². The zero-order valence-electron chi connectivity index (χ0n) is 42.0. The molecule has 0 saturated carbocycles. The van der Waals surface area contributed by atoms with Crippen LogP contribution in [0, 0.1) is 0 Å². The molecule has 6 aromatic carbocycles. The number of rotatable bonds is 19. The smallest absolute Gasteiger partial charge is 0.357 e. The molecule has 2 aliphatic carbocycles. The van der Waals surface area contributed by atoms with Gasteiger partial charge < -0.3 is 10.0 Å². The van der Waals surface area contributed by atoms with Gasteiger partial charge in [-0.2, -0.15) is 9.61 Å². The monoisotopic (exact) mass is 965 g/mol. The quantitative estimate of drug-likeness (QED) is 0.0869. The Hall–Kier alpha value is -7.16. The van der Waals surface area contributed by atoms with Crippen molar-refractivity contribution >= 4 is 46.1 Å². The van der Waals surface area contributed by atoms with Crippen molar-refractivity contribution in [2.45, 2.75) is 116 Å². The van der Waals surface area contributed by atoms with Crippen LogP contribution in [0.1, 0.15) is 142 Å². The lowest BCUT2D eigenvalue weighted by Crippen LogP contribution is -2.26. The first kappa shape index (κ1) is 47.2. The lowest BCUT2D eigenvalue weighted by molar-refractivity contribution is 0.0689. The molecule has 0 aliphatic heterocycles. The standard InChI is InChI=1S/C64H63N5O2S/c1-5-9-36-63(37-10-6-2)54-24-18-16-22-49(54)51-33-30-46(40-56(51)63)68(47-31-34-52-50-23-17-19-25-55(50)64(38-11-7-3,39-12-8-4)57(52)41-47)45-28-26-43(27-29-45)58-35-32-48(72-58)42-53-59(62(70)71)67-69-60(65-66-61(53)69)44-20-14-13-15-21-44/h13-35,40-42H,5-12,36-39H2,1-4H3,(H,70,71)/b53-42-. The van der Waals surface area contributed by atoms with Gasteiger partial charge in [0, 0.05) is 43.2 Å². The lowest BCUT2D eigenvalue weighted by Gasteiger charge is -2.35. The van der Waals surface area contributed by atoms with Gasteiger partial charge >= 0.3 is 5.97 Å². The van der Waals surface area contributed by atoms with Gasteiger partial charge in [-0.1, -0.05) is 182 Å². The van der Waals surface area contributed by atoms with Gasteiger partial charge in [-0.15, -0.1) is 21.5 Å². The normalized spacial score (nSPS) is 14.1. The van der Waals surface area contributed by atoms with E-state index in [1.165, 1.54) is 86.1 Å². The molecule has 8 heteroatoms. The van der Waals surface area contributed by atoms with E-state index in [1.807, 2.05) is 42.5 Å². The van der Waals surface area contributed by atoms with Gasteiger partial charge in [0.15, 0.2) is 17.2 Å². The molecule has 7 nitrogen and oxygen atoms in total. The van der Waals surface area contributed by atoms with Crippen molar-refractivity contribution < 1.29 is 9.90 Å². The summed E-state index contributed by atoms with van der Waals surface area (Å²) in [5.74, 6) is -0.605. The number of unbranched alkanes of at least 4 members (excludes halogenated alkanes) is 4. The van der Waals surface area contributed by atoms with E-state index in [-0.39, 0.29) is 16.5 Å². The SMILES string of the molecule is CCCCC1(CCCC)c2ccccc2-c2ccc(N(c3ccc(-c4ccc(/C=c5/c(C(=O)O)nn6c(-c7ccccc7)nnc56)s4)cc3)c3ccc4c(c3)C(CCCC)(CCCC)c3ccccc3-4)cc21. The number of thiophene rings is 1. The minimum atomic E-state index is -1.11. The summed E-state index contributed by atoms with van der Waals surface area (Å²) in [5, 5.41) is 24.0. The predicted molar refractivity (Wildman–Crippen MR) is 297 cm³/mol. The van der Waals surface area contributed by atoms with Crippen molar-refractivity contribution in [3.05, 3.63) is 190 Å². The third-order valence-corrected chi connectivity index (χ3v) is 16.8. The Morgan fingerprint density at radius 1 is 0.556 bits per heavy atom. The number of anilines is 3. The minimum absolute atomic E-state index is 0.0415. The van der Waals surface area contributed by atoms with Gasteiger partial charge in [0.25, 0.3) is 0 Å². The second-order valence-electron chi connectivity index (χ2n) is 20.1. The van der Waals surface area contributed by atoms with Crippen LogP contribution in [0.25, 0.3) is 55.8 Å². The van der Waals surface area contributed by atoms with Crippen LogP contribution >= 0.6 is 11.3 Å². The Bertz CT molecular complexity index is 3350. The molecular formula is C64H63N5O2S. The van der Waals surface area contributed by atoms with Gasteiger partial charge in [-0.25, -0.2) is 4.79 Å². The van der Waals surface area contributed by atoms with Gasteiger partial charge in [-0.05, 0) is 130 Å². The largest absolute Gasteiger partial charge is 0.476 e. The molecule has 9 aromatic rings. The summed E-state index contributed by atoms with van der Waals surface area (Å²) in [6.07, 6.45) is 15.8. The molecule has 0 unspecified atom stereocenters. The van der Waals surface area contributed by atoms with Crippen LogP contribution in [0.2, 0.25) is 0 Å². The number of aromatic nitrogens is 4. The van der Waals surface area contributed by atoms with Crippen molar-refractivity contribution in [2.24, 2.45) is 0 Å². The average molecular weight is 966 g/mol. The van der Waals surface area contributed by atoms with E-state index in [0.29, 0.717) is 16.7 Å². The Balaban J connectivity index is 1.03. The van der Waals surface area contributed by atoms with Crippen molar-refractivity contribution in [3.8, 4) is 44.1 Å². The van der Waals surface area contributed by atoms with Crippen molar-refractivity contribution in [2.75, 3.05) is 4.90 Å². The third-order valence-electron chi connectivity index (χ3n) is 15.7. The second-order valence-corrected chi connectivity index (χ2v) is 21.2. The highest BCUT2D eigenvalue weighted by Gasteiger charge is 2.44. The molecule has 0 spiro atoms. The highest BCUT2D eigenvalue weighted by Crippen LogP contribution is 2.58. The van der Waals surface area contributed by atoms with Gasteiger partial charge in [0.05, 0.1) is 5.22 Å². The van der Waals surface area contributed by atoms with Crippen LogP contribution < -0.4 is 10.1 Å². The summed E-state index contributed by atoms with van der Waals surface area (Å²) >= 11 is 1.62. The van der Waals surface area contributed by atoms with Crippen molar-refractivity contribution in [3.63, 3.8) is 0 Å². The average Bonchev–Trinajstić information content (AvgIpc) is 4.25. The summed E-state index contributed by atoms with van der Waals surface area (Å²) in [7, 11) is 0. The van der Waals surface area contributed by atoms with E-state index in [2.05, 4.69) is 163 Å². The Morgan fingerprint density at radius 3 is 1.58 bits per heavy atom. The molecule has 72 heavy (non-hydrogen) atoms. The number of benzene rings is 6. The molecule has 11 rings (SSSR count). The van der Waals surface area contributed by atoms with Gasteiger partial charge in [-0.3, -0.25) is 0 Å². The number of aromatic carboxylic acids is 1. The van der Waals surface area contributed by atoms with E-state index in [9.17, 15) is 9.90 Å². The van der Waals surface area contributed by atoms with E-state index in [4.69, 9.17) is 0 Å². The molecule has 3 heterocycles. The zero-order chi connectivity index (χ0) is 49.4. The molecule has 0 bridgehead atoms. The number of carboxylic acid groups (broad SMARTS) is 1. The molecule has 2 aliphatic rings. The highest BCUT2D eigenvalue weighted by molar-refractivity contribution is 7.16. The first-order valence-corrected chi connectivity index (χ1v) is 27.2. The number of hydrogen-bond donors (Lipinski definition) is 1. The zero-order valence-corrected chi connectivity index (χ0v) is 42.8. The van der Waals surface area contributed by atoms with E-state index >= 15 is 0 Å². The molecule has 362 valence electrons. The summed E-state index contributed by atoms with van der Waals surface area (Å²) in [6.45, 7) is 9.31. The number of hydrogen-bond acceptors (Lipinski definition) is 6. The third kappa shape index (κ3) is 8.04. The summed E-state index contributed by atoms with van der Waals surface area (Å²) in [6, 6.07) is 55.9. The fourth-order valence-electron chi connectivity index (χ4n) is 12.2. The Kier molecular flexibility index (Phi) is 13.0. The predicted octanol–water partition coefficient (Wildman–Crippen LogP) is 16.5. The van der Waals surface area contributed by atoms with Gasteiger partial charge in [0.1, 0.15) is 0 Å². The highest BCUT2D eigenvalue weighted by atomic mass is 32.1. The van der Waals surface area contributed by atoms with Crippen molar-refractivity contribution in [1.82, 2.24) is 19.8 Å². The van der Waals surface area contributed by atoms with Crippen LogP contribution in [0.4, 0.5) is 17.1 Å². The molecule has 0 amide bonds. The van der Waals surface area contributed by atoms with E-state index < -0.39 is 5.97 Å². The van der Waals surface area contributed by atoms with E-state index in [0.717, 1.165) is 77.9 Å². The second kappa shape index (κ2) is 19.8. The maximum atomic E-state index is 12.5. The maximum absolute atomic E-state index is 12.5. The summed E-state index contributed by atoms with van der Waals surface area (Å²) in [5.41, 5.74) is 17.1. The van der Waals surface area contributed by atoms with Crippen LogP contribution in [-0.2, 0) is 10.8 Å². The number of nitrogens with zero attached hydrogens (tertiary/aromatic N) is 5. The Labute approximate surface area is 427 Å². The summed E-state index contributed by atoms with van der Waals surface area (Å²) < 4.78 is 1.54. The topological polar surface area (TPSA) is 83.6 Å². The molecular weight excluding hydrogens is 903 g/mol. The number of carboxylic acids is 1. The van der Waals surface area contributed by atoms with E-state index in [1.54, 1.807) is 11.3 Å². The molecule has 1 N–H and O–H groups in total. The van der Waals surface area contributed by atoms with Crippen LogP contribution in [0.5, 0.6) is 0 Å².